The van der Waals surface area contributed by atoms with Crippen molar-refractivity contribution in [2.24, 2.45) is 0 Å². The molecule has 2 N–H and O–H groups in total. The van der Waals surface area contributed by atoms with Crippen LogP contribution in [0.15, 0.2) is 23.0 Å². The van der Waals surface area contributed by atoms with Gasteiger partial charge in [-0.3, -0.25) is 4.79 Å². The third-order valence-corrected chi connectivity index (χ3v) is 5.93. The number of aromatic amines is 1. The highest BCUT2D eigenvalue weighted by Crippen LogP contribution is 2.20. The highest BCUT2D eigenvalue weighted by Gasteiger charge is 2.22. The van der Waals surface area contributed by atoms with Crippen LogP contribution >= 0.6 is 12.2 Å². The maximum absolute atomic E-state index is 12.8. The van der Waals surface area contributed by atoms with E-state index in [9.17, 15) is 4.79 Å². The van der Waals surface area contributed by atoms with Crippen LogP contribution in [0, 0.1) is 13.8 Å². The second kappa shape index (κ2) is 10.2. The molecule has 6 nitrogen and oxygen atoms in total. The van der Waals surface area contributed by atoms with Crippen molar-refractivity contribution in [2.75, 3.05) is 33.4 Å². The summed E-state index contributed by atoms with van der Waals surface area (Å²) in [5.74, 6) is 0. The van der Waals surface area contributed by atoms with E-state index in [4.69, 9.17) is 21.7 Å². The maximum atomic E-state index is 12.8. The van der Waals surface area contributed by atoms with Gasteiger partial charge in [0, 0.05) is 39.0 Å². The molecule has 1 aliphatic heterocycles. The molecule has 1 saturated heterocycles. The molecule has 1 atom stereocenters. The average molecular weight is 418 g/mol. The van der Waals surface area contributed by atoms with E-state index in [2.05, 4.69) is 34.3 Å². The van der Waals surface area contributed by atoms with Gasteiger partial charge in [0.1, 0.15) is 0 Å². The van der Waals surface area contributed by atoms with Gasteiger partial charge < -0.3 is 24.7 Å². The number of fused-ring (bicyclic) bond motifs is 1. The van der Waals surface area contributed by atoms with Crippen molar-refractivity contribution < 1.29 is 9.47 Å². The van der Waals surface area contributed by atoms with E-state index in [0.717, 1.165) is 48.9 Å². The lowest BCUT2D eigenvalue weighted by Crippen LogP contribution is -2.44. The van der Waals surface area contributed by atoms with Gasteiger partial charge in [0.25, 0.3) is 5.56 Å². The fourth-order valence-corrected chi connectivity index (χ4v) is 3.91. The van der Waals surface area contributed by atoms with E-state index in [0.29, 0.717) is 30.4 Å². The molecular formula is C22H31N3O3S. The number of aromatic nitrogens is 1. The maximum Gasteiger partial charge on any atom is 0.253 e. The summed E-state index contributed by atoms with van der Waals surface area (Å²) in [5, 5.41) is 4.98. The summed E-state index contributed by atoms with van der Waals surface area (Å²) in [6.07, 6.45) is 3.12. The Morgan fingerprint density at radius 1 is 1.41 bits per heavy atom. The quantitative estimate of drug-likeness (QED) is 0.508. The molecule has 0 saturated carbocycles. The standard InChI is InChI=1S/C22H31N3O3S/c1-15-7-8-17-12-18(21(26)24-20(17)16(15)2)13-25(14-19-6-4-11-28-19)22(29)23-9-5-10-27-3/h7-8,12,19H,4-6,9-11,13-14H2,1-3H3,(H,23,29)(H,24,26). The fraction of sp³-hybridized carbons (Fsp3) is 0.545. The molecule has 0 amide bonds. The number of nitrogens with one attached hydrogen (secondary N) is 2. The minimum Gasteiger partial charge on any atom is -0.385 e. The van der Waals surface area contributed by atoms with Crippen LogP contribution in [0.4, 0.5) is 0 Å². The second-order valence-electron chi connectivity index (χ2n) is 7.69. The Morgan fingerprint density at radius 2 is 2.24 bits per heavy atom. The van der Waals surface area contributed by atoms with Gasteiger partial charge in [0.05, 0.1) is 18.2 Å². The molecule has 0 bridgehead atoms. The van der Waals surface area contributed by atoms with Gasteiger partial charge in [0.15, 0.2) is 5.11 Å². The van der Waals surface area contributed by atoms with Crippen LogP contribution in [0.2, 0.25) is 0 Å². The van der Waals surface area contributed by atoms with Crippen LogP contribution in [0.5, 0.6) is 0 Å². The van der Waals surface area contributed by atoms with E-state index in [1.807, 2.05) is 13.0 Å². The summed E-state index contributed by atoms with van der Waals surface area (Å²) in [5.41, 5.74) is 3.83. The first-order chi connectivity index (χ1) is 14.0. The molecule has 29 heavy (non-hydrogen) atoms. The molecule has 1 aliphatic rings. The molecule has 0 radical (unpaired) electrons. The second-order valence-corrected chi connectivity index (χ2v) is 8.08. The van der Waals surface area contributed by atoms with Crippen molar-refractivity contribution in [3.63, 3.8) is 0 Å². The van der Waals surface area contributed by atoms with E-state index >= 15 is 0 Å². The molecule has 7 heteroatoms. The molecule has 1 unspecified atom stereocenters. The summed E-state index contributed by atoms with van der Waals surface area (Å²) in [7, 11) is 1.69. The van der Waals surface area contributed by atoms with Crippen molar-refractivity contribution in [3.05, 3.63) is 45.2 Å². The Bertz CT molecular complexity index is 906. The Hall–Kier alpha value is -1.96. The van der Waals surface area contributed by atoms with Gasteiger partial charge in [-0.15, -0.1) is 0 Å². The minimum atomic E-state index is -0.0641. The van der Waals surface area contributed by atoms with E-state index in [1.165, 1.54) is 5.56 Å². The lowest BCUT2D eigenvalue weighted by atomic mass is 10.0. The molecule has 1 fully saturated rings. The Balaban J connectivity index is 1.80. The smallest absolute Gasteiger partial charge is 0.253 e. The van der Waals surface area contributed by atoms with Crippen LogP contribution in [0.3, 0.4) is 0 Å². The van der Waals surface area contributed by atoms with Crippen LogP contribution in [-0.4, -0.2) is 54.5 Å². The van der Waals surface area contributed by atoms with Crippen molar-refractivity contribution in [1.82, 2.24) is 15.2 Å². The zero-order valence-electron chi connectivity index (χ0n) is 17.5. The molecule has 158 valence electrons. The number of hydrogen-bond donors (Lipinski definition) is 2. The summed E-state index contributed by atoms with van der Waals surface area (Å²) in [6.45, 7) is 7.44. The van der Waals surface area contributed by atoms with E-state index in [-0.39, 0.29) is 11.7 Å². The van der Waals surface area contributed by atoms with Crippen LogP contribution in [-0.2, 0) is 16.0 Å². The number of rotatable bonds is 8. The van der Waals surface area contributed by atoms with Crippen molar-refractivity contribution in [2.45, 2.75) is 45.8 Å². The summed E-state index contributed by atoms with van der Waals surface area (Å²) in [6, 6.07) is 6.13. The predicted molar refractivity (Wildman–Crippen MR) is 121 cm³/mol. The first-order valence-corrected chi connectivity index (χ1v) is 10.7. The lowest BCUT2D eigenvalue weighted by molar-refractivity contribution is 0.0896. The van der Waals surface area contributed by atoms with E-state index in [1.54, 1.807) is 7.11 Å². The predicted octanol–water partition coefficient (Wildman–Crippen LogP) is 3.04. The number of pyridine rings is 1. The Kier molecular flexibility index (Phi) is 7.64. The highest BCUT2D eigenvalue weighted by molar-refractivity contribution is 7.80. The molecule has 1 aromatic carbocycles. The molecule has 3 rings (SSSR count). The van der Waals surface area contributed by atoms with Crippen LogP contribution in [0.25, 0.3) is 10.9 Å². The number of hydrogen-bond acceptors (Lipinski definition) is 4. The number of aryl methyl sites for hydroxylation is 2. The fourth-order valence-electron chi connectivity index (χ4n) is 3.67. The Labute approximate surface area is 177 Å². The van der Waals surface area contributed by atoms with Gasteiger partial charge in [-0.1, -0.05) is 12.1 Å². The highest BCUT2D eigenvalue weighted by atomic mass is 32.1. The molecular weight excluding hydrogens is 386 g/mol. The van der Waals surface area contributed by atoms with Gasteiger partial charge in [-0.25, -0.2) is 0 Å². The zero-order valence-corrected chi connectivity index (χ0v) is 18.4. The first-order valence-electron chi connectivity index (χ1n) is 10.2. The monoisotopic (exact) mass is 417 g/mol. The van der Waals surface area contributed by atoms with Crippen LogP contribution < -0.4 is 10.9 Å². The summed E-state index contributed by atoms with van der Waals surface area (Å²) >= 11 is 5.64. The number of nitrogens with zero attached hydrogens (tertiary/aromatic N) is 1. The minimum absolute atomic E-state index is 0.0641. The topological polar surface area (TPSA) is 66.6 Å². The summed E-state index contributed by atoms with van der Waals surface area (Å²) < 4.78 is 10.9. The third kappa shape index (κ3) is 5.56. The number of ether oxygens (including phenoxy) is 2. The SMILES string of the molecule is COCCCNC(=S)N(Cc1cc2ccc(C)c(C)c2[nH]c1=O)CC1CCCO1. The van der Waals surface area contributed by atoms with Crippen molar-refractivity contribution >= 4 is 28.2 Å². The molecule has 2 heterocycles. The number of H-pyrrole nitrogens is 1. The summed E-state index contributed by atoms with van der Waals surface area (Å²) in [4.78, 5) is 17.9. The number of thiocarbonyl (C=S) groups is 1. The number of methoxy groups -OCH3 is 1. The molecule has 0 aliphatic carbocycles. The lowest BCUT2D eigenvalue weighted by Gasteiger charge is -2.28. The third-order valence-electron chi connectivity index (χ3n) is 5.53. The average Bonchev–Trinajstić information content (AvgIpc) is 3.22. The van der Waals surface area contributed by atoms with Crippen molar-refractivity contribution in [1.29, 1.82) is 0 Å². The Morgan fingerprint density at radius 3 is 2.97 bits per heavy atom. The van der Waals surface area contributed by atoms with Crippen LogP contribution in [0.1, 0.15) is 36.0 Å². The molecule has 1 aromatic heterocycles. The van der Waals surface area contributed by atoms with E-state index < -0.39 is 0 Å². The zero-order chi connectivity index (χ0) is 20.8. The van der Waals surface area contributed by atoms with Gasteiger partial charge >= 0.3 is 0 Å². The number of benzene rings is 1. The first kappa shape index (κ1) is 21.7. The molecule has 0 spiro atoms. The van der Waals surface area contributed by atoms with Gasteiger partial charge in [-0.2, -0.15) is 0 Å². The van der Waals surface area contributed by atoms with Crippen molar-refractivity contribution in [3.8, 4) is 0 Å². The molecule has 2 aromatic rings. The van der Waals surface area contributed by atoms with Gasteiger partial charge in [-0.05, 0) is 67.9 Å². The van der Waals surface area contributed by atoms with Gasteiger partial charge in [0.2, 0.25) is 0 Å². The largest absolute Gasteiger partial charge is 0.385 e. The normalized spacial score (nSPS) is 16.3.